The van der Waals surface area contributed by atoms with Gasteiger partial charge >= 0.3 is 0 Å². The number of carbonyl (C=O) groups is 1. The predicted octanol–water partition coefficient (Wildman–Crippen LogP) is 3.16. The van der Waals surface area contributed by atoms with Gasteiger partial charge in [-0.3, -0.25) is 14.9 Å². The average Bonchev–Trinajstić information content (AvgIpc) is 2.54. The van der Waals surface area contributed by atoms with E-state index in [1.165, 1.54) is 24.3 Å². The molecule has 5 nitrogen and oxygen atoms in total. The van der Waals surface area contributed by atoms with Crippen molar-refractivity contribution < 1.29 is 14.8 Å². The lowest BCUT2D eigenvalue weighted by Gasteiger charge is -2.10. The third-order valence-corrected chi connectivity index (χ3v) is 3.41. The lowest BCUT2D eigenvalue weighted by atomic mass is 10.00. The predicted molar refractivity (Wildman–Crippen MR) is 82.8 cm³/mol. The first-order chi connectivity index (χ1) is 10.6. The van der Waals surface area contributed by atoms with E-state index in [4.69, 9.17) is 0 Å². The molecule has 0 bridgehead atoms. The van der Waals surface area contributed by atoms with E-state index < -0.39 is 11.0 Å². The SMILES string of the molecule is O=C(C[C@@H](O)CCc1ccccc1)c1cccc([N+](=O)[O-])c1. The number of carbonyl (C=O) groups excluding carboxylic acids is 1. The van der Waals surface area contributed by atoms with Crippen LogP contribution in [0.1, 0.15) is 28.8 Å². The fraction of sp³-hybridized carbons (Fsp3) is 0.235. The smallest absolute Gasteiger partial charge is 0.270 e. The summed E-state index contributed by atoms with van der Waals surface area (Å²) in [5.74, 6) is -0.288. The van der Waals surface area contributed by atoms with Crippen LogP contribution in [0.25, 0.3) is 0 Å². The lowest BCUT2D eigenvalue weighted by molar-refractivity contribution is -0.384. The minimum Gasteiger partial charge on any atom is -0.393 e. The molecule has 2 rings (SSSR count). The Morgan fingerprint density at radius 1 is 1.14 bits per heavy atom. The van der Waals surface area contributed by atoms with E-state index in [2.05, 4.69) is 0 Å². The van der Waals surface area contributed by atoms with E-state index in [-0.39, 0.29) is 23.5 Å². The molecule has 0 spiro atoms. The molecular formula is C17H17NO4. The maximum atomic E-state index is 12.1. The Labute approximate surface area is 128 Å². The summed E-state index contributed by atoms with van der Waals surface area (Å²) in [6, 6.07) is 15.3. The summed E-state index contributed by atoms with van der Waals surface area (Å²) in [5.41, 5.74) is 1.24. The van der Waals surface area contributed by atoms with Gasteiger partial charge in [-0.2, -0.15) is 0 Å². The van der Waals surface area contributed by atoms with Crippen LogP contribution >= 0.6 is 0 Å². The molecule has 0 fully saturated rings. The molecule has 5 heteroatoms. The molecule has 0 aliphatic carbocycles. The van der Waals surface area contributed by atoms with Gasteiger partial charge in [0.2, 0.25) is 0 Å². The number of hydrogen-bond donors (Lipinski definition) is 1. The lowest BCUT2D eigenvalue weighted by Crippen LogP contribution is -2.14. The zero-order valence-corrected chi connectivity index (χ0v) is 12.0. The minimum atomic E-state index is -0.757. The molecule has 0 amide bonds. The zero-order valence-electron chi connectivity index (χ0n) is 12.0. The summed E-state index contributed by atoms with van der Waals surface area (Å²) < 4.78 is 0. The van der Waals surface area contributed by atoms with Gasteiger partial charge in [0, 0.05) is 24.1 Å². The van der Waals surface area contributed by atoms with E-state index in [1.54, 1.807) is 0 Å². The van der Waals surface area contributed by atoms with Crippen LogP contribution in [0.15, 0.2) is 54.6 Å². The fourth-order valence-electron chi connectivity index (χ4n) is 2.20. The number of aliphatic hydroxyl groups excluding tert-OH is 1. The fourth-order valence-corrected chi connectivity index (χ4v) is 2.20. The Kier molecular flexibility index (Phi) is 5.38. The maximum Gasteiger partial charge on any atom is 0.270 e. The molecule has 0 heterocycles. The summed E-state index contributed by atoms with van der Waals surface area (Å²) in [6.07, 6.45) is 0.370. The van der Waals surface area contributed by atoms with Crippen LogP contribution in [0.3, 0.4) is 0 Å². The Hall–Kier alpha value is -2.53. The number of hydrogen-bond acceptors (Lipinski definition) is 4. The Bertz CT molecular complexity index is 655. The summed E-state index contributed by atoms with van der Waals surface area (Å²) >= 11 is 0. The Morgan fingerprint density at radius 3 is 2.55 bits per heavy atom. The van der Waals surface area contributed by atoms with Crippen molar-refractivity contribution in [1.29, 1.82) is 0 Å². The highest BCUT2D eigenvalue weighted by molar-refractivity contribution is 5.96. The van der Waals surface area contributed by atoms with Gasteiger partial charge < -0.3 is 5.11 Å². The summed E-state index contributed by atoms with van der Waals surface area (Å²) in [6.45, 7) is 0. The number of aliphatic hydroxyl groups is 1. The highest BCUT2D eigenvalue weighted by atomic mass is 16.6. The van der Waals surface area contributed by atoms with Gasteiger partial charge in [-0.1, -0.05) is 42.5 Å². The largest absolute Gasteiger partial charge is 0.393 e. The van der Waals surface area contributed by atoms with Crippen molar-refractivity contribution in [2.75, 3.05) is 0 Å². The van der Waals surface area contributed by atoms with Gasteiger partial charge in [0.15, 0.2) is 5.78 Å². The van der Waals surface area contributed by atoms with E-state index in [1.807, 2.05) is 30.3 Å². The highest BCUT2D eigenvalue weighted by Gasteiger charge is 2.15. The number of aryl methyl sites for hydroxylation is 1. The Morgan fingerprint density at radius 2 is 1.86 bits per heavy atom. The van der Waals surface area contributed by atoms with Crippen LogP contribution in [0, 0.1) is 10.1 Å². The van der Waals surface area contributed by atoms with Crippen molar-refractivity contribution in [1.82, 2.24) is 0 Å². The number of Topliss-reactive ketones (excluding diaryl/α,β-unsaturated/α-hetero) is 1. The van der Waals surface area contributed by atoms with Crippen LogP contribution < -0.4 is 0 Å². The van der Waals surface area contributed by atoms with Crippen LogP contribution in [0.5, 0.6) is 0 Å². The van der Waals surface area contributed by atoms with E-state index >= 15 is 0 Å². The summed E-state index contributed by atoms with van der Waals surface area (Å²) in [7, 11) is 0. The quantitative estimate of drug-likeness (QED) is 0.484. The van der Waals surface area contributed by atoms with E-state index in [0.717, 1.165) is 5.56 Å². The van der Waals surface area contributed by atoms with Gasteiger partial charge in [-0.25, -0.2) is 0 Å². The molecule has 0 saturated heterocycles. The third-order valence-electron chi connectivity index (χ3n) is 3.41. The first kappa shape index (κ1) is 15.9. The maximum absolute atomic E-state index is 12.1. The summed E-state index contributed by atoms with van der Waals surface area (Å²) in [5, 5.41) is 20.7. The molecule has 0 aliphatic heterocycles. The van der Waals surface area contributed by atoms with Crippen LogP contribution in [0.2, 0.25) is 0 Å². The van der Waals surface area contributed by atoms with Gasteiger partial charge in [-0.15, -0.1) is 0 Å². The number of rotatable bonds is 7. The van der Waals surface area contributed by atoms with E-state index in [9.17, 15) is 20.0 Å². The number of ketones is 1. The topological polar surface area (TPSA) is 80.4 Å². The zero-order chi connectivity index (χ0) is 15.9. The van der Waals surface area contributed by atoms with Crippen molar-refractivity contribution in [3.05, 3.63) is 75.8 Å². The average molecular weight is 299 g/mol. The van der Waals surface area contributed by atoms with Gasteiger partial charge in [-0.05, 0) is 18.4 Å². The molecule has 0 aromatic heterocycles. The molecule has 2 aromatic carbocycles. The number of benzene rings is 2. The van der Waals surface area contributed by atoms with Crippen molar-refractivity contribution in [2.24, 2.45) is 0 Å². The number of nitrogens with zero attached hydrogens (tertiary/aromatic N) is 1. The first-order valence-corrected chi connectivity index (χ1v) is 7.06. The standard InChI is InChI=1S/C17H17NO4/c19-16(10-9-13-5-2-1-3-6-13)12-17(20)14-7-4-8-15(11-14)18(21)22/h1-8,11,16,19H,9-10,12H2/t16-/m0/s1. The second kappa shape index (κ2) is 7.47. The van der Waals surface area contributed by atoms with Crippen LogP contribution in [-0.4, -0.2) is 21.9 Å². The minimum absolute atomic E-state index is 0.0337. The number of nitro benzene ring substituents is 1. The van der Waals surface area contributed by atoms with E-state index in [0.29, 0.717) is 12.8 Å². The second-order valence-electron chi connectivity index (χ2n) is 5.11. The van der Waals surface area contributed by atoms with Gasteiger partial charge in [0.1, 0.15) is 0 Å². The monoisotopic (exact) mass is 299 g/mol. The molecule has 1 atom stereocenters. The molecule has 0 unspecified atom stereocenters. The number of non-ortho nitro benzene ring substituents is 1. The second-order valence-corrected chi connectivity index (χ2v) is 5.11. The van der Waals surface area contributed by atoms with Crippen LogP contribution in [0.4, 0.5) is 5.69 Å². The highest BCUT2D eigenvalue weighted by Crippen LogP contribution is 2.16. The third kappa shape index (κ3) is 4.49. The molecule has 2 aromatic rings. The van der Waals surface area contributed by atoms with Crippen molar-refractivity contribution in [3.63, 3.8) is 0 Å². The van der Waals surface area contributed by atoms with Crippen molar-refractivity contribution in [3.8, 4) is 0 Å². The molecule has 1 N–H and O–H groups in total. The molecular weight excluding hydrogens is 282 g/mol. The van der Waals surface area contributed by atoms with Gasteiger partial charge in [0.25, 0.3) is 5.69 Å². The molecule has 0 radical (unpaired) electrons. The van der Waals surface area contributed by atoms with Crippen LogP contribution in [-0.2, 0) is 6.42 Å². The Balaban J connectivity index is 1.91. The molecule has 114 valence electrons. The molecule has 0 aliphatic rings. The van der Waals surface area contributed by atoms with Gasteiger partial charge in [0.05, 0.1) is 11.0 Å². The normalized spacial score (nSPS) is 11.9. The number of nitro groups is 1. The summed E-state index contributed by atoms with van der Waals surface area (Å²) in [4.78, 5) is 22.2. The van der Waals surface area contributed by atoms with Crippen molar-refractivity contribution >= 4 is 11.5 Å². The first-order valence-electron chi connectivity index (χ1n) is 7.06. The molecule has 22 heavy (non-hydrogen) atoms. The van der Waals surface area contributed by atoms with Crippen molar-refractivity contribution in [2.45, 2.75) is 25.4 Å². The molecule has 0 saturated carbocycles.